The van der Waals surface area contributed by atoms with E-state index >= 15 is 0 Å². The van der Waals surface area contributed by atoms with Crippen LogP contribution in [0, 0.1) is 11.7 Å². The highest BCUT2D eigenvalue weighted by molar-refractivity contribution is 5.94. The molecule has 1 aliphatic rings. The summed E-state index contributed by atoms with van der Waals surface area (Å²) in [5, 5.41) is 0. The van der Waals surface area contributed by atoms with Gasteiger partial charge in [0.25, 0.3) is 5.91 Å². The number of carbonyl (C=O) groups is 1. The minimum atomic E-state index is -0.572. The van der Waals surface area contributed by atoms with Crippen LogP contribution in [0.25, 0.3) is 0 Å². The van der Waals surface area contributed by atoms with E-state index in [1.54, 1.807) is 4.90 Å². The first kappa shape index (κ1) is 13.0. The van der Waals surface area contributed by atoms with Gasteiger partial charge in [0.05, 0.1) is 11.8 Å². The Hall–Kier alpha value is -1.49. The normalized spacial score (nSPS) is 24.1. The Morgan fingerprint density at radius 3 is 3.11 bits per heavy atom. The standard InChI is InChI=1S/C13H18FN3O/c1-9-3-5-17(10(6-9)7-15)13(18)11-2-4-16-8-12(11)14/h2,4,8-10H,3,5-7,15H2,1H3. The van der Waals surface area contributed by atoms with Crippen LogP contribution in [0.3, 0.4) is 0 Å². The van der Waals surface area contributed by atoms with Gasteiger partial charge < -0.3 is 10.6 Å². The Labute approximate surface area is 106 Å². The molecule has 2 unspecified atom stereocenters. The first-order chi connectivity index (χ1) is 8.63. The highest BCUT2D eigenvalue weighted by atomic mass is 19.1. The number of halogens is 1. The summed E-state index contributed by atoms with van der Waals surface area (Å²) >= 11 is 0. The Kier molecular flexibility index (Phi) is 3.91. The molecule has 18 heavy (non-hydrogen) atoms. The van der Waals surface area contributed by atoms with Crippen molar-refractivity contribution in [2.75, 3.05) is 13.1 Å². The van der Waals surface area contributed by atoms with E-state index in [0.717, 1.165) is 19.0 Å². The molecule has 0 saturated carbocycles. The number of hydrogen-bond donors (Lipinski definition) is 1. The van der Waals surface area contributed by atoms with Gasteiger partial charge in [0, 0.05) is 25.3 Å². The molecule has 0 aliphatic carbocycles. The van der Waals surface area contributed by atoms with Gasteiger partial charge in [0.15, 0.2) is 5.82 Å². The van der Waals surface area contributed by atoms with Crippen LogP contribution in [0.5, 0.6) is 0 Å². The van der Waals surface area contributed by atoms with E-state index in [2.05, 4.69) is 11.9 Å². The molecule has 2 rings (SSSR count). The molecule has 1 fully saturated rings. The van der Waals surface area contributed by atoms with Crippen molar-refractivity contribution in [3.8, 4) is 0 Å². The Balaban J connectivity index is 2.20. The van der Waals surface area contributed by atoms with Gasteiger partial charge >= 0.3 is 0 Å². The predicted octanol–water partition coefficient (Wildman–Crippen LogP) is 1.42. The molecule has 0 bridgehead atoms. The van der Waals surface area contributed by atoms with Crippen LogP contribution in [0.4, 0.5) is 4.39 Å². The molecule has 1 saturated heterocycles. The summed E-state index contributed by atoms with van der Waals surface area (Å²) in [7, 11) is 0. The SMILES string of the molecule is CC1CCN(C(=O)c2ccncc2F)C(CN)C1. The minimum Gasteiger partial charge on any atom is -0.334 e. The van der Waals surface area contributed by atoms with Crippen molar-refractivity contribution in [3.05, 3.63) is 29.8 Å². The fourth-order valence-electron chi connectivity index (χ4n) is 2.45. The third kappa shape index (κ3) is 2.51. The maximum Gasteiger partial charge on any atom is 0.257 e. The van der Waals surface area contributed by atoms with Crippen molar-refractivity contribution in [2.24, 2.45) is 11.7 Å². The highest BCUT2D eigenvalue weighted by Gasteiger charge is 2.30. The maximum atomic E-state index is 13.6. The highest BCUT2D eigenvalue weighted by Crippen LogP contribution is 2.24. The molecule has 2 heterocycles. The Bertz CT molecular complexity index is 438. The monoisotopic (exact) mass is 251 g/mol. The fourth-order valence-corrected chi connectivity index (χ4v) is 2.45. The summed E-state index contributed by atoms with van der Waals surface area (Å²) in [6.07, 6.45) is 4.32. The van der Waals surface area contributed by atoms with Gasteiger partial charge in [-0.3, -0.25) is 9.78 Å². The number of nitrogens with zero attached hydrogens (tertiary/aromatic N) is 2. The van der Waals surface area contributed by atoms with E-state index in [4.69, 9.17) is 5.73 Å². The van der Waals surface area contributed by atoms with Gasteiger partial charge in [0.1, 0.15) is 0 Å². The van der Waals surface area contributed by atoms with E-state index in [1.807, 2.05) is 0 Å². The van der Waals surface area contributed by atoms with Gasteiger partial charge in [-0.05, 0) is 24.8 Å². The number of amides is 1. The van der Waals surface area contributed by atoms with Crippen LogP contribution in [0.1, 0.15) is 30.1 Å². The lowest BCUT2D eigenvalue weighted by atomic mass is 9.92. The molecular weight excluding hydrogens is 233 g/mol. The lowest BCUT2D eigenvalue weighted by Crippen LogP contribution is -2.49. The molecule has 2 atom stereocenters. The molecule has 5 heteroatoms. The van der Waals surface area contributed by atoms with Crippen LogP contribution >= 0.6 is 0 Å². The number of nitrogens with two attached hydrogens (primary N) is 1. The van der Waals surface area contributed by atoms with Crippen LogP contribution in [-0.2, 0) is 0 Å². The number of hydrogen-bond acceptors (Lipinski definition) is 3. The van der Waals surface area contributed by atoms with Gasteiger partial charge in [-0.1, -0.05) is 6.92 Å². The van der Waals surface area contributed by atoms with E-state index < -0.39 is 5.82 Å². The summed E-state index contributed by atoms with van der Waals surface area (Å²) in [4.78, 5) is 17.6. The second kappa shape index (κ2) is 5.44. The van der Waals surface area contributed by atoms with Crippen molar-refractivity contribution >= 4 is 5.91 Å². The van der Waals surface area contributed by atoms with E-state index in [9.17, 15) is 9.18 Å². The Morgan fingerprint density at radius 1 is 1.67 bits per heavy atom. The van der Waals surface area contributed by atoms with Crippen LogP contribution in [0.15, 0.2) is 18.5 Å². The first-order valence-electron chi connectivity index (χ1n) is 6.24. The lowest BCUT2D eigenvalue weighted by molar-refractivity contribution is 0.0569. The summed E-state index contributed by atoms with van der Waals surface area (Å²) in [5.74, 6) is -0.293. The number of carbonyl (C=O) groups excluding carboxylic acids is 1. The van der Waals surface area contributed by atoms with Crippen molar-refractivity contribution in [3.63, 3.8) is 0 Å². The average Bonchev–Trinajstić information content (AvgIpc) is 2.38. The molecule has 0 spiro atoms. The van der Waals surface area contributed by atoms with Crippen molar-refractivity contribution in [1.82, 2.24) is 9.88 Å². The molecule has 1 aromatic heterocycles. The number of aromatic nitrogens is 1. The van der Waals surface area contributed by atoms with Gasteiger partial charge in [-0.25, -0.2) is 4.39 Å². The molecule has 2 N–H and O–H groups in total. The van der Waals surface area contributed by atoms with Crippen LogP contribution < -0.4 is 5.73 Å². The van der Waals surface area contributed by atoms with E-state index in [0.29, 0.717) is 19.0 Å². The quantitative estimate of drug-likeness (QED) is 0.864. The summed E-state index contributed by atoms with van der Waals surface area (Å²) in [6.45, 7) is 3.21. The van der Waals surface area contributed by atoms with Crippen molar-refractivity contribution < 1.29 is 9.18 Å². The maximum absolute atomic E-state index is 13.6. The number of likely N-dealkylation sites (tertiary alicyclic amines) is 1. The zero-order valence-corrected chi connectivity index (χ0v) is 10.5. The molecular formula is C13H18FN3O. The molecule has 0 aromatic carbocycles. The molecule has 1 amide bonds. The summed E-state index contributed by atoms with van der Waals surface area (Å²) in [5.41, 5.74) is 5.79. The molecule has 0 radical (unpaired) electrons. The lowest BCUT2D eigenvalue weighted by Gasteiger charge is -2.38. The summed E-state index contributed by atoms with van der Waals surface area (Å²) < 4.78 is 13.6. The van der Waals surface area contributed by atoms with Gasteiger partial charge in [0.2, 0.25) is 0 Å². The second-order valence-electron chi connectivity index (χ2n) is 4.87. The fraction of sp³-hybridized carbons (Fsp3) is 0.538. The zero-order chi connectivity index (χ0) is 13.1. The largest absolute Gasteiger partial charge is 0.334 e. The zero-order valence-electron chi connectivity index (χ0n) is 10.5. The topological polar surface area (TPSA) is 59.2 Å². The molecule has 4 nitrogen and oxygen atoms in total. The van der Waals surface area contributed by atoms with Crippen molar-refractivity contribution in [1.29, 1.82) is 0 Å². The summed E-state index contributed by atoms with van der Waals surface area (Å²) in [6, 6.07) is 1.43. The molecule has 1 aromatic rings. The van der Waals surface area contributed by atoms with Crippen LogP contribution in [0.2, 0.25) is 0 Å². The predicted molar refractivity (Wildman–Crippen MR) is 66.5 cm³/mol. The van der Waals surface area contributed by atoms with Crippen LogP contribution in [-0.4, -0.2) is 34.9 Å². The molecule has 98 valence electrons. The first-order valence-corrected chi connectivity index (χ1v) is 6.24. The van der Waals surface area contributed by atoms with E-state index in [-0.39, 0.29) is 17.5 Å². The van der Waals surface area contributed by atoms with Crippen molar-refractivity contribution in [2.45, 2.75) is 25.8 Å². The number of piperidine rings is 1. The smallest absolute Gasteiger partial charge is 0.257 e. The molecule has 1 aliphatic heterocycles. The van der Waals surface area contributed by atoms with Gasteiger partial charge in [-0.15, -0.1) is 0 Å². The van der Waals surface area contributed by atoms with Gasteiger partial charge in [-0.2, -0.15) is 0 Å². The number of pyridine rings is 1. The second-order valence-corrected chi connectivity index (χ2v) is 4.87. The number of rotatable bonds is 2. The average molecular weight is 251 g/mol. The van der Waals surface area contributed by atoms with E-state index in [1.165, 1.54) is 12.3 Å². The third-order valence-electron chi connectivity index (χ3n) is 3.51. The Morgan fingerprint density at radius 2 is 2.44 bits per heavy atom. The third-order valence-corrected chi connectivity index (χ3v) is 3.51. The minimum absolute atomic E-state index is 0.00816.